The minimum absolute atomic E-state index is 0.348. The van der Waals surface area contributed by atoms with Crippen molar-refractivity contribution in [3.8, 4) is 0 Å². The molecule has 2 aromatic rings. The minimum atomic E-state index is 0.348. The van der Waals surface area contributed by atoms with Gasteiger partial charge < -0.3 is 0 Å². The molecule has 0 aliphatic rings. The summed E-state index contributed by atoms with van der Waals surface area (Å²) in [7, 11) is 1.93. The fourth-order valence-electron chi connectivity index (χ4n) is 1.86. The molecule has 0 aliphatic carbocycles. The van der Waals surface area contributed by atoms with E-state index in [0.717, 1.165) is 12.2 Å². The number of hydrogen-bond acceptors (Lipinski definition) is 2. The van der Waals surface area contributed by atoms with Crippen molar-refractivity contribution in [1.82, 2.24) is 14.8 Å². The van der Waals surface area contributed by atoms with Crippen molar-refractivity contribution >= 4 is 15.9 Å². The molecule has 0 N–H and O–H groups in total. The van der Waals surface area contributed by atoms with Crippen LogP contribution in [0, 0.1) is 5.92 Å². The van der Waals surface area contributed by atoms with E-state index in [9.17, 15) is 0 Å². The number of hydrogen-bond donors (Lipinski definition) is 0. The summed E-state index contributed by atoms with van der Waals surface area (Å²) in [6.07, 6.45) is 2.52. The predicted octanol–water partition coefficient (Wildman–Crippen LogP) is 3.13. The first kappa shape index (κ1) is 12.3. The first-order valence-electron chi connectivity index (χ1n) is 5.70. The molecule has 0 radical (unpaired) electrons. The molecule has 0 bridgehead atoms. The number of nitrogens with zero attached hydrogens (tertiary/aromatic N) is 3. The van der Waals surface area contributed by atoms with E-state index in [1.54, 1.807) is 6.33 Å². The van der Waals surface area contributed by atoms with E-state index >= 15 is 0 Å². The Morgan fingerprint density at radius 1 is 1.29 bits per heavy atom. The lowest BCUT2D eigenvalue weighted by molar-refractivity contribution is 0.534. The molecule has 0 spiro atoms. The zero-order valence-electron chi connectivity index (χ0n) is 10.0. The van der Waals surface area contributed by atoms with Crippen LogP contribution in [-0.2, 0) is 13.5 Å². The molecule has 3 nitrogen and oxygen atoms in total. The highest BCUT2D eigenvalue weighted by Crippen LogP contribution is 2.32. The number of halogens is 1. The fourth-order valence-corrected chi connectivity index (χ4v) is 2.35. The normalized spacial score (nSPS) is 14.5. The van der Waals surface area contributed by atoms with Gasteiger partial charge in [-0.2, -0.15) is 5.10 Å². The van der Waals surface area contributed by atoms with Gasteiger partial charge >= 0.3 is 0 Å². The Labute approximate surface area is 110 Å². The van der Waals surface area contributed by atoms with Crippen molar-refractivity contribution in [3.63, 3.8) is 0 Å². The van der Waals surface area contributed by atoms with E-state index in [1.165, 1.54) is 5.56 Å². The maximum atomic E-state index is 4.26. The molecule has 0 aliphatic heterocycles. The van der Waals surface area contributed by atoms with Gasteiger partial charge in [-0.15, -0.1) is 0 Å². The van der Waals surface area contributed by atoms with Crippen LogP contribution in [0.3, 0.4) is 0 Å². The highest BCUT2D eigenvalue weighted by Gasteiger charge is 2.18. The van der Waals surface area contributed by atoms with E-state index < -0.39 is 0 Å². The lowest BCUT2D eigenvalue weighted by Gasteiger charge is -2.18. The summed E-state index contributed by atoms with van der Waals surface area (Å²) < 4.78 is 1.83. The lowest BCUT2D eigenvalue weighted by Crippen LogP contribution is -2.11. The second-order valence-electron chi connectivity index (χ2n) is 4.29. The highest BCUT2D eigenvalue weighted by atomic mass is 79.9. The standard InChI is InChI=1S/C13H16BrN3/c1-10(8-12-15-9-16-17(12)2)13(14)11-6-4-3-5-7-11/h3-7,9-10,13H,8H2,1-2H3. The Balaban J connectivity index is 2.06. The van der Waals surface area contributed by atoms with Crippen LogP contribution in [0.4, 0.5) is 0 Å². The van der Waals surface area contributed by atoms with Crippen LogP contribution in [0.2, 0.25) is 0 Å². The van der Waals surface area contributed by atoms with Crippen molar-refractivity contribution in [2.45, 2.75) is 18.2 Å². The summed E-state index contributed by atoms with van der Waals surface area (Å²) in [4.78, 5) is 4.61. The molecule has 1 aromatic heterocycles. The van der Waals surface area contributed by atoms with Gasteiger partial charge in [0.2, 0.25) is 0 Å². The van der Waals surface area contributed by atoms with Gasteiger partial charge in [0.1, 0.15) is 12.2 Å². The molecule has 2 rings (SSSR count). The van der Waals surface area contributed by atoms with Crippen LogP contribution in [-0.4, -0.2) is 14.8 Å². The van der Waals surface area contributed by atoms with Crippen LogP contribution >= 0.6 is 15.9 Å². The van der Waals surface area contributed by atoms with Gasteiger partial charge in [-0.25, -0.2) is 4.98 Å². The maximum Gasteiger partial charge on any atom is 0.138 e. The molecule has 0 saturated heterocycles. The minimum Gasteiger partial charge on any atom is -0.253 e. The van der Waals surface area contributed by atoms with Crippen LogP contribution < -0.4 is 0 Å². The topological polar surface area (TPSA) is 30.7 Å². The van der Waals surface area contributed by atoms with E-state index in [4.69, 9.17) is 0 Å². The average molecular weight is 294 g/mol. The molecular formula is C13H16BrN3. The molecule has 90 valence electrons. The van der Waals surface area contributed by atoms with Crippen molar-refractivity contribution in [2.75, 3.05) is 0 Å². The van der Waals surface area contributed by atoms with Gasteiger partial charge in [-0.05, 0) is 11.5 Å². The molecule has 17 heavy (non-hydrogen) atoms. The third-order valence-electron chi connectivity index (χ3n) is 2.93. The first-order valence-corrected chi connectivity index (χ1v) is 6.62. The van der Waals surface area contributed by atoms with Crippen LogP contribution in [0.1, 0.15) is 23.1 Å². The highest BCUT2D eigenvalue weighted by molar-refractivity contribution is 9.09. The summed E-state index contributed by atoms with van der Waals surface area (Å²) >= 11 is 3.76. The van der Waals surface area contributed by atoms with E-state index in [0.29, 0.717) is 10.7 Å². The molecule has 1 aromatic carbocycles. The first-order chi connectivity index (χ1) is 8.18. The number of alkyl halides is 1. The smallest absolute Gasteiger partial charge is 0.138 e. The van der Waals surface area contributed by atoms with Crippen molar-refractivity contribution in [1.29, 1.82) is 0 Å². The molecule has 0 fully saturated rings. The lowest BCUT2D eigenvalue weighted by atomic mass is 9.97. The van der Waals surface area contributed by atoms with Crippen molar-refractivity contribution < 1.29 is 0 Å². The fraction of sp³-hybridized carbons (Fsp3) is 0.385. The van der Waals surface area contributed by atoms with E-state index in [1.807, 2.05) is 17.8 Å². The second-order valence-corrected chi connectivity index (χ2v) is 5.28. The van der Waals surface area contributed by atoms with Crippen molar-refractivity contribution in [3.05, 3.63) is 48.0 Å². The average Bonchev–Trinajstić information content (AvgIpc) is 2.75. The second kappa shape index (κ2) is 5.45. The largest absolute Gasteiger partial charge is 0.253 e. The Morgan fingerprint density at radius 2 is 2.00 bits per heavy atom. The van der Waals surface area contributed by atoms with Crippen molar-refractivity contribution in [2.24, 2.45) is 13.0 Å². The molecule has 4 heteroatoms. The van der Waals surface area contributed by atoms with Gasteiger partial charge in [0.25, 0.3) is 0 Å². The third kappa shape index (κ3) is 2.94. The Hall–Kier alpha value is -1.16. The molecule has 0 saturated carbocycles. The predicted molar refractivity (Wildman–Crippen MR) is 72.0 cm³/mol. The molecule has 2 unspecified atom stereocenters. The van der Waals surface area contributed by atoms with Gasteiger partial charge in [0, 0.05) is 18.3 Å². The Bertz CT molecular complexity index is 467. The van der Waals surface area contributed by atoms with Gasteiger partial charge in [0.15, 0.2) is 0 Å². The maximum absolute atomic E-state index is 4.26. The summed E-state index contributed by atoms with van der Waals surface area (Å²) in [5, 5.41) is 4.09. The summed E-state index contributed by atoms with van der Waals surface area (Å²) in [5.41, 5.74) is 1.31. The molecular weight excluding hydrogens is 278 g/mol. The number of rotatable bonds is 4. The van der Waals surface area contributed by atoms with Crippen LogP contribution in [0.25, 0.3) is 0 Å². The van der Waals surface area contributed by atoms with Gasteiger partial charge in [-0.1, -0.05) is 53.2 Å². The number of aryl methyl sites for hydroxylation is 1. The van der Waals surface area contributed by atoms with Crippen LogP contribution in [0.15, 0.2) is 36.7 Å². The third-order valence-corrected chi connectivity index (χ3v) is 4.36. The Kier molecular flexibility index (Phi) is 3.94. The quantitative estimate of drug-likeness (QED) is 0.811. The monoisotopic (exact) mass is 293 g/mol. The zero-order chi connectivity index (χ0) is 12.3. The van der Waals surface area contributed by atoms with Gasteiger partial charge in [-0.3, -0.25) is 4.68 Å². The summed E-state index contributed by atoms with van der Waals surface area (Å²) in [6.45, 7) is 2.22. The molecule has 1 heterocycles. The number of aromatic nitrogens is 3. The molecule has 0 amide bonds. The van der Waals surface area contributed by atoms with Gasteiger partial charge in [0.05, 0.1) is 0 Å². The van der Waals surface area contributed by atoms with E-state index in [2.05, 4.69) is 57.2 Å². The summed E-state index contributed by atoms with van der Waals surface area (Å²) in [6, 6.07) is 10.5. The molecule has 2 atom stereocenters. The summed E-state index contributed by atoms with van der Waals surface area (Å²) in [5.74, 6) is 1.50. The SMILES string of the molecule is CC(Cc1ncnn1C)C(Br)c1ccccc1. The van der Waals surface area contributed by atoms with E-state index in [-0.39, 0.29) is 0 Å². The number of benzene rings is 1. The van der Waals surface area contributed by atoms with Crippen LogP contribution in [0.5, 0.6) is 0 Å². The Morgan fingerprint density at radius 3 is 2.59 bits per heavy atom. The zero-order valence-corrected chi connectivity index (χ0v) is 11.6.